The number of hydrogen-bond donors (Lipinski definition) is 1. The quantitative estimate of drug-likeness (QED) is 0.309. The number of rotatable bonds is 11. The smallest absolute Gasteiger partial charge is 0.255 e. The Morgan fingerprint density at radius 2 is 1.44 bits per heavy atom. The van der Waals surface area contributed by atoms with Crippen LogP contribution in [0.5, 0.6) is 17.2 Å². The minimum absolute atomic E-state index is 0.0843. The second-order valence-corrected chi connectivity index (χ2v) is 21.8. The number of hydrogen-bond acceptors (Lipinski definition) is 8. The highest BCUT2D eigenvalue weighted by Crippen LogP contribution is 2.54. The maximum absolute atomic E-state index is 13.8. The van der Waals surface area contributed by atoms with Gasteiger partial charge >= 0.3 is 0 Å². The molecule has 1 saturated carbocycles. The van der Waals surface area contributed by atoms with Gasteiger partial charge in [-0.1, -0.05) is 41.5 Å². The van der Waals surface area contributed by atoms with Crippen LogP contribution in [0.3, 0.4) is 0 Å². The normalized spacial score (nSPS) is 29.9. The Morgan fingerprint density at radius 1 is 0.878 bits per heavy atom. The number of fused-ring (bicyclic) bond motifs is 6. The van der Waals surface area contributed by atoms with Gasteiger partial charge in [0.1, 0.15) is 12.2 Å². The number of carbonyl (C=O) groups excluding carboxylic acids is 1. The van der Waals surface area contributed by atoms with Gasteiger partial charge in [-0.2, -0.15) is 0 Å². The first-order chi connectivity index (χ1) is 19.6. The molecular formula is C30H49NO8Si2. The zero-order valence-electron chi connectivity index (χ0n) is 26.3. The lowest BCUT2D eigenvalue weighted by molar-refractivity contribution is -0.157. The molecule has 1 aliphatic carbocycles. The SMILES string of the molecule is CC[Si](CC)(CC)O[C@@H]1[C@H]2OC(C)(C)O[C@H]2[C@@H]2NC(=O)c3c(cc4c(c3OC)OCO4)[C@H]2[C@H]1O[Si](CC)(CC)CC. The number of amides is 1. The fourth-order valence-electron chi connectivity index (χ4n) is 7.49. The monoisotopic (exact) mass is 607 g/mol. The molecule has 1 amide bonds. The van der Waals surface area contributed by atoms with Gasteiger partial charge in [0.2, 0.25) is 12.5 Å². The van der Waals surface area contributed by atoms with Crippen LogP contribution in [0.4, 0.5) is 0 Å². The third kappa shape index (κ3) is 5.04. The van der Waals surface area contributed by atoms with Gasteiger partial charge in [-0.3, -0.25) is 4.79 Å². The number of carbonyl (C=O) groups is 1. The first-order valence-electron chi connectivity index (χ1n) is 15.6. The molecule has 3 aliphatic heterocycles. The predicted molar refractivity (Wildman–Crippen MR) is 161 cm³/mol. The third-order valence-electron chi connectivity index (χ3n) is 10.3. The van der Waals surface area contributed by atoms with Crippen LogP contribution in [0, 0.1) is 0 Å². The second kappa shape index (κ2) is 11.5. The molecule has 0 aromatic heterocycles. The number of benzene rings is 1. The predicted octanol–water partition coefficient (Wildman–Crippen LogP) is 5.93. The molecule has 41 heavy (non-hydrogen) atoms. The summed E-state index contributed by atoms with van der Waals surface area (Å²) in [4.78, 5) is 13.8. The molecule has 9 nitrogen and oxygen atoms in total. The number of methoxy groups -OCH3 is 1. The van der Waals surface area contributed by atoms with E-state index in [-0.39, 0.29) is 43.0 Å². The second-order valence-electron chi connectivity index (χ2n) is 12.3. The van der Waals surface area contributed by atoms with E-state index in [1.807, 2.05) is 19.9 Å². The van der Waals surface area contributed by atoms with Crippen molar-refractivity contribution >= 4 is 22.5 Å². The highest BCUT2D eigenvalue weighted by Gasteiger charge is 2.63. The summed E-state index contributed by atoms with van der Waals surface area (Å²) in [6.07, 6.45) is -1.45. The van der Waals surface area contributed by atoms with Crippen LogP contribution in [0.1, 0.15) is 77.2 Å². The van der Waals surface area contributed by atoms with Crippen LogP contribution in [0.15, 0.2) is 6.07 Å². The lowest BCUT2D eigenvalue weighted by Crippen LogP contribution is -2.69. The summed E-state index contributed by atoms with van der Waals surface area (Å²) >= 11 is 0. The van der Waals surface area contributed by atoms with Crippen molar-refractivity contribution in [2.24, 2.45) is 0 Å². The van der Waals surface area contributed by atoms with Crippen molar-refractivity contribution in [3.8, 4) is 17.2 Å². The van der Waals surface area contributed by atoms with Crippen LogP contribution in [0.2, 0.25) is 36.3 Å². The topological polar surface area (TPSA) is 93.7 Å². The Labute approximate surface area is 247 Å². The van der Waals surface area contributed by atoms with Crippen LogP contribution in [0.25, 0.3) is 0 Å². The Kier molecular flexibility index (Phi) is 8.61. The highest BCUT2D eigenvalue weighted by atomic mass is 28.4. The zero-order valence-corrected chi connectivity index (χ0v) is 28.3. The van der Waals surface area contributed by atoms with E-state index >= 15 is 0 Å². The minimum atomic E-state index is -2.15. The van der Waals surface area contributed by atoms with E-state index in [1.165, 1.54) is 0 Å². The zero-order chi connectivity index (χ0) is 29.7. The van der Waals surface area contributed by atoms with E-state index in [9.17, 15) is 4.79 Å². The average molecular weight is 608 g/mol. The van der Waals surface area contributed by atoms with Gasteiger partial charge in [0, 0.05) is 5.92 Å². The van der Waals surface area contributed by atoms with Crippen LogP contribution >= 0.6 is 0 Å². The maximum atomic E-state index is 13.8. The third-order valence-corrected chi connectivity index (χ3v) is 19.6. The van der Waals surface area contributed by atoms with E-state index in [0.717, 1.165) is 41.8 Å². The number of ether oxygens (including phenoxy) is 5. The van der Waals surface area contributed by atoms with Crippen molar-refractivity contribution in [1.82, 2.24) is 5.32 Å². The van der Waals surface area contributed by atoms with Crippen molar-refractivity contribution < 1.29 is 37.3 Å². The summed E-state index contributed by atoms with van der Waals surface area (Å²) in [7, 11) is -2.70. The Hall–Kier alpha value is -1.64. The summed E-state index contributed by atoms with van der Waals surface area (Å²) in [6.45, 7) is 17.5. The Balaban J connectivity index is 1.74. The van der Waals surface area contributed by atoms with Gasteiger partial charge < -0.3 is 37.9 Å². The molecule has 11 heteroatoms. The van der Waals surface area contributed by atoms with Crippen molar-refractivity contribution in [3.63, 3.8) is 0 Å². The van der Waals surface area contributed by atoms with Crippen molar-refractivity contribution in [3.05, 3.63) is 17.2 Å². The molecule has 0 bridgehead atoms. The molecule has 5 rings (SSSR count). The molecule has 4 aliphatic rings. The van der Waals surface area contributed by atoms with Gasteiger partial charge in [-0.25, -0.2) is 0 Å². The molecule has 6 atom stereocenters. The lowest BCUT2D eigenvalue weighted by atomic mass is 9.70. The fourth-order valence-corrected chi connectivity index (χ4v) is 13.2. The first kappa shape index (κ1) is 30.8. The standard InChI is InChI=1S/C30H49NO8Si2/c1-10-40(11-2,12-3)38-25-20-18-16-19-23(35-17-34-19)24(33-9)21(18)29(32)31-22(20)26-27(37-30(7,8)36-26)28(25)39-41(13-4,14-5)15-6/h16,20,22,25-28H,10-15,17H2,1-9H3,(H,31,32)/t20-,22-,25-,26+,27+,28+/m1/s1. The van der Waals surface area contributed by atoms with E-state index < -0.39 is 28.5 Å². The molecule has 1 N–H and O–H groups in total. The molecule has 3 heterocycles. The Bertz CT molecular complexity index is 1120. The molecule has 2 fully saturated rings. The summed E-state index contributed by atoms with van der Waals surface area (Å²) in [5.41, 5.74) is 1.32. The average Bonchev–Trinajstić information content (AvgIpc) is 3.58. The lowest BCUT2D eigenvalue weighted by Gasteiger charge is -2.53. The summed E-state index contributed by atoms with van der Waals surface area (Å²) in [6, 6.07) is 7.62. The maximum Gasteiger partial charge on any atom is 0.255 e. The first-order valence-corrected chi connectivity index (χ1v) is 20.6. The van der Waals surface area contributed by atoms with Gasteiger partial charge in [0.15, 0.2) is 33.9 Å². The van der Waals surface area contributed by atoms with Gasteiger partial charge in [-0.15, -0.1) is 0 Å². The van der Waals surface area contributed by atoms with Crippen molar-refractivity contribution in [1.29, 1.82) is 0 Å². The fraction of sp³-hybridized carbons (Fsp3) is 0.767. The Morgan fingerprint density at radius 3 is 2.00 bits per heavy atom. The molecular weight excluding hydrogens is 559 g/mol. The van der Waals surface area contributed by atoms with E-state index in [4.69, 9.17) is 32.5 Å². The minimum Gasteiger partial charge on any atom is -0.492 e. The van der Waals surface area contributed by atoms with E-state index in [0.29, 0.717) is 22.8 Å². The molecule has 1 saturated heterocycles. The largest absolute Gasteiger partial charge is 0.492 e. The molecule has 0 spiro atoms. The van der Waals surface area contributed by atoms with E-state index in [1.54, 1.807) is 7.11 Å². The highest BCUT2D eigenvalue weighted by molar-refractivity contribution is 6.74. The van der Waals surface area contributed by atoms with Crippen LogP contribution in [-0.4, -0.2) is 72.7 Å². The van der Waals surface area contributed by atoms with Crippen molar-refractivity contribution in [2.75, 3.05) is 13.9 Å². The molecule has 0 radical (unpaired) electrons. The summed E-state index contributed by atoms with van der Waals surface area (Å²) in [5.74, 6) is 0.166. The van der Waals surface area contributed by atoms with Gasteiger partial charge in [0.05, 0.1) is 30.9 Å². The summed E-state index contributed by atoms with van der Waals surface area (Å²) < 4.78 is 45.6. The molecule has 0 unspecified atom stereocenters. The summed E-state index contributed by atoms with van der Waals surface area (Å²) in [5, 5.41) is 3.32. The van der Waals surface area contributed by atoms with Gasteiger partial charge in [0.25, 0.3) is 5.91 Å². The molecule has 230 valence electrons. The number of nitrogens with one attached hydrogen (secondary N) is 1. The van der Waals surface area contributed by atoms with Gasteiger partial charge in [-0.05, 0) is 61.7 Å². The van der Waals surface area contributed by atoms with Crippen LogP contribution in [-0.2, 0) is 18.3 Å². The molecule has 1 aromatic carbocycles. The van der Waals surface area contributed by atoms with Crippen LogP contribution < -0.4 is 19.5 Å². The van der Waals surface area contributed by atoms with Crippen molar-refractivity contribution in [2.45, 2.75) is 134 Å². The van der Waals surface area contributed by atoms with E-state index in [2.05, 4.69) is 46.9 Å². The molecule has 1 aromatic rings.